The van der Waals surface area contributed by atoms with Gasteiger partial charge in [0.2, 0.25) is 0 Å². The molecule has 0 saturated heterocycles. The summed E-state index contributed by atoms with van der Waals surface area (Å²) in [5.41, 5.74) is 7.65. The van der Waals surface area contributed by atoms with E-state index in [4.69, 9.17) is 9.47 Å². The van der Waals surface area contributed by atoms with Gasteiger partial charge < -0.3 is 9.47 Å². The lowest BCUT2D eigenvalue weighted by Crippen LogP contribution is -2.03. The van der Waals surface area contributed by atoms with E-state index in [0.717, 1.165) is 16.8 Å². The minimum absolute atomic E-state index is 0.599. The van der Waals surface area contributed by atoms with Gasteiger partial charge in [-0.1, -0.05) is 35.9 Å². The first-order valence-corrected chi connectivity index (χ1v) is 8.96. The predicted octanol–water partition coefficient (Wildman–Crippen LogP) is 4.61. The fraction of sp³-hybridized carbons (Fsp3) is 0.227. The Kier molecular flexibility index (Phi) is 5.89. The van der Waals surface area contributed by atoms with Crippen LogP contribution in [0.15, 0.2) is 53.6 Å². The van der Waals surface area contributed by atoms with Gasteiger partial charge in [-0.25, -0.2) is 9.97 Å². The Labute approximate surface area is 165 Å². The molecule has 6 heteroatoms. The number of methoxy groups -OCH3 is 2. The maximum absolute atomic E-state index is 5.50. The van der Waals surface area contributed by atoms with E-state index < -0.39 is 0 Å². The molecule has 0 spiro atoms. The first kappa shape index (κ1) is 19.4. The van der Waals surface area contributed by atoms with E-state index in [2.05, 4.69) is 39.6 Å². The van der Waals surface area contributed by atoms with Gasteiger partial charge in [-0.3, -0.25) is 5.43 Å². The second kappa shape index (κ2) is 8.52. The van der Waals surface area contributed by atoms with Crippen molar-refractivity contribution < 1.29 is 9.47 Å². The molecule has 0 amide bonds. The predicted molar refractivity (Wildman–Crippen MR) is 112 cm³/mol. The third-order valence-electron chi connectivity index (χ3n) is 4.33. The lowest BCUT2D eigenvalue weighted by atomic mass is 10.1. The van der Waals surface area contributed by atoms with Crippen molar-refractivity contribution in [2.45, 2.75) is 20.8 Å². The van der Waals surface area contributed by atoms with Gasteiger partial charge in [-0.2, -0.15) is 5.10 Å². The smallest absolute Gasteiger partial charge is 0.150 e. The second-order valence-electron chi connectivity index (χ2n) is 6.40. The van der Waals surface area contributed by atoms with Crippen LogP contribution in [0.25, 0.3) is 11.3 Å². The van der Waals surface area contributed by atoms with Crippen LogP contribution in [0.1, 0.15) is 23.9 Å². The van der Waals surface area contributed by atoms with Crippen LogP contribution in [0.3, 0.4) is 0 Å². The Balaban J connectivity index is 1.95. The normalized spacial score (nSPS) is 11.2. The number of aromatic nitrogens is 2. The molecule has 0 aliphatic rings. The molecule has 144 valence electrons. The van der Waals surface area contributed by atoms with Crippen LogP contribution in [0.5, 0.6) is 11.5 Å². The number of hydrazone groups is 1. The molecule has 0 saturated carbocycles. The van der Waals surface area contributed by atoms with Crippen LogP contribution in [0.4, 0.5) is 5.82 Å². The Morgan fingerprint density at radius 1 is 0.929 bits per heavy atom. The Morgan fingerprint density at radius 3 is 2.18 bits per heavy atom. The fourth-order valence-electron chi connectivity index (χ4n) is 2.86. The topological polar surface area (TPSA) is 68.6 Å². The van der Waals surface area contributed by atoms with E-state index >= 15 is 0 Å². The average Bonchev–Trinajstić information content (AvgIpc) is 2.71. The summed E-state index contributed by atoms with van der Waals surface area (Å²) in [5.74, 6) is 2.59. The largest absolute Gasteiger partial charge is 0.496 e. The van der Waals surface area contributed by atoms with Crippen LogP contribution in [-0.4, -0.2) is 29.9 Å². The van der Waals surface area contributed by atoms with Crippen molar-refractivity contribution in [3.8, 4) is 22.8 Å². The summed E-state index contributed by atoms with van der Waals surface area (Å²) in [4.78, 5) is 9.00. The minimum atomic E-state index is 0.599. The fourth-order valence-corrected chi connectivity index (χ4v) is 2.86. The van der Waals surface area contributed by atoms with Gasteiger partial charge in [0.1, 0.15) is 17.3 Å². The van der Waals surface area contributed by atoms with Crippen LogP contribution in [-0.2, 0) is 0 Å². The number of rotatable bonds is 6. The van der Waals surface area contributed by atoms with Gasteiger partial charge in [0.25, 0.3) is 0 Å². The first-order valence-electron chi connectivity index (χ1n) is 8.96. The van der Waals surface area contributed by atoms with Crippen molar-refractivity contribution >= 4 is 11.5 Å². The molecule has 28 heavy (non-hydrogen) atoms. The molecule has 3 aromatic rings. The number of nitrogens with zero attached hydrogens (tertiary/aromatic N) is 3. The van der Waals surface area contributed by atoms with Crippen LogP contribution in [0.2, 0.25) is 0 Å². The van der Waals surface area contributed by atoms with Crippen molar-refractivity contribution in [3.05, 3.63) is 65.5 Å². The third kappa shape index (κ3) is 4.28. The van der Waals surface area contributed by atoms with E-state index in [1.165, 1.54) is 5.56 Å². The highest BCUT2D eigenvalue weighted by molar-refractivity contribution is 5.99. The number of hydrogen-bond acceptors (Lipinski definition) is 6. The highest BCUT2D eigenvalue weighted by Gasteiger charge is 2.15. The number of hydrogen-bond donors (Lipinski definition) is 1. The van der Waals surface area contributed by atoms with E-state index in [0.29, 0.717) is 28.8 Å². The van der Waals surface area contributed by atoms with E-state index in [9.17, 15) is 0 Å². The molecule has 6 nitrogen and oxygen atoms in total. The molecule has 0 atom stereocenters. The zero-order chi connectivity index (χ0) is 20.1. The number of ether oxygens (including phenoxy) is 2. The lowest BCUT2D eigenvalue weighted by molar-refractivity contribution is 0.397. The van der Waals surface area contributed by atoms with Crippen molar-refractivity contribution in [1.29, 1.82) is 0 Å². The Morgan fingerprint density at radius 2 is 1.57 bits per heavy atom. The highest BCUT2D eigenvalue weighted by Crippen LogP contribution is 2.37. The van der Waals surface area contributed by atoms with E-state index in [-0.39, 0.29) is 0 Å². The quantitative estimate of drug-likeness (QED) is 0.502. The van der Waals surface area contributed by atoms with Crippen molar-refractivity contribution in [2.24, 2.45) is 5.10 Å². The van der Waals surface area contributed by atoms with Crippen LogP contribution >= 0.6 is 0 Å². The van der Waals surface area contributed by atoms with E-state index in [1.807, 2.05) is 50.2 Å². The van der Waals surface area contributed by atoms with Gasteiger partial charge in [0.05, 0.1) is 31.2 Å². The summed E-state index contributed by atoms with van der Waals surface area (Å²) >= 11 is 0. The summed E-state index contributed by atoms with van der Waals surface area (Å²) < 4.78 is 11.0. The summed E-state index contributed by atoms with van der Waals surface area (Å²) in [6.45, 7) is 5.86. The molecular weight excluding hydrogens is 352 g/mol. The van der Waals surface area contributed by atoms with E-state index in [1.54, 1.807) is 14.2 Å². The molecule has 1 N–H and O–H groups in total. The minimum Gasteiger partial charge on any atom is -0.496 e. The molecule has 0 bridgehead atoms. The third-order valence-corrected chi connectivity index (χ3v) is 4.33. The van der Waals surface area contributed by atoms with Gasteiger partial charge >= 0.3 is 0 Å². The molecule has 0 unspecified atom stereocenters. The number of benzene rings is 2. The van der Waals surface area contributed by atoms with Crippen LogP contribution < -0.4 is 14.9 Å². The maximum Gasteiger partial charge on any atom is 0.150 e. The van der Waals surface area contributed by atoms with Gasteiger partial charge in [0, 0.05) is 6.07 Å². The molecule has 1 aromatic heterocycles. The highest BCUT2D eigenvalue weighted by atomic mass is 16.5. The van der Waals surface area contributed by atoms with Crippen LogP contribution in [0, 0.1) is 13.8 Å². The molecule has 3 rings (SSSR count). The monoisotopic (exact) mass is 376 g/mol. The number of aryl methyl sites for hydroxylation is 2. The number of nitrogens with one attached hydrogen (secondary N) is 1. The summed E-state index contributed by atoms with van der Waals surface area (Å²) in [5, 5.41) is 4.47. The molecule has 1 heterocycles. The van der Waals surface area contributed by atoms with Gasteiger partial charge in [-0.15, -0.1) is 0 Å². The first-order chi connectivity index (χ1) is 13.5. The zero-order valence-electron chi connectivity index (χ0n) is 16.8. The standard InChI is InChI=1S/C22H24N4O2/c1-14-9-11-17(12-10-14)15(2)25-26-21-13-18(23-16(3)24-21)22-19(27-4)7-6-8-20(22)28-5/h6-13H,1-5H3,(H,23,24,26)/b25-15+. The second-order valence-corrected chi connectivity index (χ2v) is 6.40. The summed E-state index contributed by atoms with van der Waals surface area (Å²) in [6, 6.07) is 15.7. The Hall–Kier alpha value is -3.41. The zero-order valence-corrected chi connectivity index (χ0v) is 16.8. The summed E-state index contributed by atoms with van der Waals surface area (Å²) in [6.07, 6.45) is 0. The lowest BCUT2D eigenvalue weighted by Gasteiger charge is -2.13. The summed E-state index contributed by atoms with van der Waals surface area (Å²) in [7, 11) is 3.25. The van der Waals surface area contributed by atoms with Crippen molar-refractivity contribution in [1.82, 2.24) is 9.97 Å². The molecule has 0 radical (unpaired) electrons. The molecular formula is C22H24N4O2. The number of anilines is 1. The maximum atomic E-state index is 5.50. The Bertz CT molecular complexity index is 976. The van der Waals surface area contributed by atoms with Gasteiger partial charge in [-0.05, 0) is 38.5 Å². The SMILES string of the molecule is COc1cccc(OC)c1-c1cc(N/N=C(\C)c2ccc(C)cc2)nc(C)n1. The molecule has 0 aliphatic heterocycles. The molecule has 2 aromatic carbocycles. The molecule has 0 aliphatic carbocycles. The molecule has 0 fully saturated rings. The average molecular weight is 376 g/mol. The van der Waals surface area contributed by atoms with Gasteiger partial charge in [0.15, 0.2) is 5.82 Å². The van der Waals surface area contributed by atoms with Crippen molar-refractivity contribution in [2.75, 3.05) is 19.6 Å². The van der Waals surface area contributed by atoms with Crippen molar-refractivity contribution in [3.63, 3.8) is 0 Å².